The molecular weight excluding hydrogens is 170 g/mol. The molecule has 0 unspecified atom stereocenters. The van der Waals surface area contributed by atoms with Gasteiger partial charge in [0.25, 0.3) is 0 Å². The zero-order valence-electron chi connectivity index (χ0n) is 8.80. The molecule has 1 heteroatoms. The summed E-state index contributed by atoms with van der Waals surface area (Å²) in [5.74, 6) is 0.578. The summed E-state index contributed by atoms with van der Waals surface area (Å²) >= 11 is 0. The molecule has 0 heterocycles. The van der Waals surface area contributed by atoms with Crippen molar-refractivity contribution in [2.45, 2.75) is 39.0 Å². The number of hydrogen-bond donors (Lipinski definition) is 0. The molecule has 0 N–H and O–H groups in total. The number of rotatable bonds is 1. The van der Waals surface area contributed by atoms with Gasteiger partial charge < -0.3 is 0 Å². The van der Waals surface area contributed by atoms with Gasteiger partial charge in [0, 0.05) is 0 Å². The van der Waals surface area contributed by atoms with Gasteiger partial charge in [-0.1, -0.05) is 19.9 Å². The maximum Gasteiger partial charge on any atom is 0.0994 e. The molecule has 0 aromatic heterocycles. The Kier molecular flexibility index (Phi) is 2.29. The van der Waals surface area contributed by atoms with Gasteiger partial charge in [-0.25, -0.2) is 0 Å². The lowest BCUT2D eigenvalue weighted by atomic mass is 9.92. The van der Waals surface area contributed by atoms with Gasteiger partial charge in [-0.2, -0.15) is 5.26 Å². The number of nitrogens with zero attached hydrogens (tertiary/aromatic N) is 1. The molecule has 0 radical (unpaired) electrons. The van der Waals surface area contributed by atoms with Crippen LogP contribution in [0.2, 0.25) is 0 Å². The second kappa shape index (κ2) is 3.46. The summed E-state index contributed by atoms with van der Waals surface area (Å²) < 4.78 is 0. The minimum absolute atomic E-state index is 0.578. The first-order chi connectivity index (χ1) is 6.74. The Hall–Kier alpha value is -1.29. The molecule has 1 aromatic rings. The average Bonchev–Trinajstić information content (AvgIpc) is 2.64. The minimum atomic E-state index is 0.578. The maximum atomic E-state index is 8.98. The highest BCUT2D eigenvalue weighted by Gasteiger charge is 2.19. The summed E-state index contributed by atoms with van der Waals surface area (Å²) in [6.45, 7) is 4.44. The standard InChI is InChI=1S/C13H15N/c1-9(2)11-7-6-10(8-14)12-4-3-5-13(11)12/h6-7,9H,3-5H2,1-2H3. The number of benzene rings is 1. The van der Waals surface area contributed by atoms with E-state index in [1.165, 1.54) is 29.5 Å². The summed E-state index contributed by atoms with van der Waals surface area (Å²) in [5, 5.41) is 8.98. The van der Waals surface area contributed by atoms with Crippen molar-refractivity contribution in [3.63, 3.8) is 0 Å². The van der Waals surface area contributed by atoms with Crippen LogP contribution in [0.5, 0.6) is 0 Å². The fourth-order valence-corrected chi connectivity index (χ4v) is 2.38. The maximum absolute atomic E-state index is 8.98. The van der Waals surface area contributed by atoms with Crippen LogP contribution in [0.4, 0.5) is 0 Å². The number of nitriles is 1. The Labute approximate surface area is 85.4 Å². The molecule has 1 aromatic carbocycles. The van der Waals surface area contributed by atoms with Gasteiger partial charge in [0.05, 0.1) is 11.6 Å². The number of hydrogen-bond acceptors (Lipinski definition) is 1. The van der Waals surface area contributed by atoms with Crippen LogP contribution in [0.1, 0.15) is 48.4 Å². The third-order valence-electron chi connectivity index (χ3n) is 3.06. The van der Waals surface area contributed by atoms with Crippen molar-refractivity contribution < 1.29 is 0 Å². The van der Waals surface area contributed by atoms with Crippen LogP contribution in [0.25, 0.3) is 0 Å². The van der Waals surface area contributed by atoms with Crippen molar-refractivity contribution in [3.05, 3.63) is 34.4 Å². The fourth-order valence-electron chi connectivity index (χ4n) is 2.38. The lowest BCUT2D eigenvalue weighted by Gasteiger charge is -2.12. The van der Waals surface area contributed by atoms with Gasteiger partial charge >= 0.3 is 0 Å². The Bertz CT molecular complexity index is 396. The Morgan fingerprint density at radius 2 is 1.93 bits per heavy atom. The highest BCUT2D eigenvalue weighted by molar-refractivity contribution is 5.50. The molecule has 0 saturated heterocycles. The molecule has 1 aliphatic carbocycles. The van der Waals surface area contributed by atoms with E-state index in [9.17, 15) is 0 Å². The molecule has 0 atom stereocenters. The van der Waals surface area contributed by atoms with E-state index in [0.717, 1.165) is 12.0 Å². The first-order valence-corrected chi connectivity index (χ1v) is 5.28. The predicted molar refractivity (Wildman–Crippen MR) is 57.3 cm³/mol. The van der Waals surface area contributed by atoms with Crippen LogP contribution >= 0.6 is 0 Å². The van der Waals surface area contributed by atoms with Gasteiger partial charge in [-0.15, -0.1) is 0 Å². The predicted octanol–water partition coefficient (Wildman–Crippen LogP) is 3.17. The van der Waals surface area contributed by atoms with E-state index in [0.29, 0.717) is 5.92 Å². The fraction of sp³-hybridized carbons (Fsp3) is 0.462. The van der Waals surface area contributed by atoms with Crippen molar-refractivity contribution >= 4 is 0 Å². The second-order valence-corrected chi connectivity index (χ2v) is 4.28. The van der Waals surface area contributed by atoms with Gasteiger partial charge in [-0.3, -0.25) is 0 Å². The molecule has 1 aliphatic rings. The summed E-state index contributed by atoms with van der Waals surface area (Å²) in [6, 6.07) is 6.41. The zero-order chi connectivity index (χ0) is 10.1. The Morgan fingerprint density at radius 1 is 1.21 bits per heavy atom. The lowest BCUT2D eigenvalue weighted by Crippen LogP contribution is -1.97. The molecule has 0 fully saturated rings. The first kappa shape index (κ1) is 9.27. The molecule has 0 saturated carbocycles. The first-order valence-electron chi connectivity index (χ1n) is 5.28. The van der Waals surface area contributed by atoms with Gasteiger partial charge in [-0.05, 0) is 47.9 Å². The smallest absolute Gasteiger partial charge is 0.0994 e. The summed E-state index contributed by atoms with van der Waals surface area (Å²) in [4.78, 5) is 0. The Morgan fingerprint density at radius 3 is 2.57 bits per heavy atom. The van der Waals surface area contributed by atoms with Crippen LogP contribution in [-0.4, -0.2) is 0 Å². The third kappa shape index (κ3) is 1.32. The lowest BCUT2D eigenvalue weighted by molar-refractivity contribution is 0.838. The molecule has 0 spiro atoms. The molecule has 14 heavy (non-hydrogen) atoms. The van der Waals surface area contributed by atoms with Crippen molar-refractivity contribution in [1.82, 2.24) is 0 Å². The molecule has 2 rings (SSSR count). The Balaban J connectivity index is 2.60. The van der Waals surface area contributed by atoms with E-state index >= 15 is 0 Å². The van der Waals surface area contributed by atoms with Crippen molar-refractivity contribution in [2.24, 2.45) is 0 Å². The largest absolute Gasteiger partial charge is 0.192 e. The van der Waals surface area contributed by atoms with E-state index in [1.54, 1.807) is 0 Å². The van der Waals surface area contributed by atoms with Crippen LogP contribution in [-0.2, 0) is 12.8 Å². The third-order valence-corrected chi connectivity index (χ3v) is 3.06. The highest BCUT2D eigenvalue weighted by atomic mass is 14.3. The van der Waals surface area contributed by atoms with Crippen LogP contribution < -0.4 is 0 Å². The highest BCUT2D eigenvalue weighted by Crippen LogP contribution is 2.31. The molecule has 72 valence electrons. The normalized spacial score (nSPS) is 14.1. The topological polar surface area (TPSA) is 23.8 Å². The quantitative estimate of drug-likeness (QED) is 0.659. The zero-order valence-corrected chi connectivity index (χ0v) is 8.80. The van der Waals surface area contributed by atoms with Gasteiger partial charge in [0.2, 0.25) is 0 Å². The van der Waals surface area contributed by atoms with Crippen LogP contribution in [0.15, 0.2) is 12.1 Å². The van der Waals surface area contributed by atoms with E-state index in [1.807, 2.05) is 6.07 Å². The molecule has 0 bridgehead atoms. The van der Waals surface area contributed by atoms with Crippen LogP contribution in [0, 0.1) is 11.3 Å². The van der Waals surface area contributed by atoms with Gasteiger partial charge in [0.15, 0.2) is 0 Å². The van der Waals surface area contributed by atoms with Crippen molar-refractivity contribution in [2.75, 3.05) is 0 Å². The van der Waals surface area contributed by atoms with Crippen LogP contribution in [0.3, 0.4) is 0 Å². The monoisotopic (exact) mass is 185 g/mol. The molecule has 0 aliphatic heterocycles. The van der Waals surface area contributed by atoms with E-state index in [4.69, 9.17) is 5.26 Å². The van der Waals surface area contributed by atoms with E-state index < -0.39 is 0 Å². The molecule has 1 nitrogen and oxygen atoms in total. The average molecular weight is 185 g/mol. The molecular formula is C13H15N. The van der Waals surface area contributed by atoms with E-state index in [2.05, 4.69) is 26.0 Å². The summed E-state index contributed by atoms with van der Waals surface area (Å²) in [6.07, 6.45) is 3.48. The minimum Gasteiger partial charge on any atom is -0.192 e. The second-order valence-electron chi connectivity index (χ2n) is 4.28. The molecule has 0 amide bonds. The van der Waals surface area contributed by atoms with Crippen molar-refractivity contribution in [1.29, 1.82) is 5.26 Å². The van der Waals surface area contributed by atoms with Crippen molar-refractivity contribution in [3.8, 4) is 6.07 Å². The summed E-state index contributed by atoms with van der Waals surface area (Å²) in [7, 11) is 0. The summed E-state index contributed by atoms with van der Waals surface area (Å²) in [5.41, 5.74) is 5.11. The number of fused-ring (bicyclic) bond motifs is 1. The SMILES string of the molecule is CC(C)c1ccc(C#N)c2c1CCC2. The van der Waals surface area contributed by atoms with Gasteiger partial charge in [0.1, 0.15) is 0 Å². The van der Waals surface area contributed by atoms with E-state index in [-0.39, 0.29) is 0 Å².